The van der Waals surface area contributed by atoms with Gasteiger partial charge >= 0.3 is 0 Å². The molecular formula is C8H15Cl. The predicted molar refractivity (Wildman–Crippen MR) is 43.9 cm³/mol. The van der Waals surface area contributed by atoms with E-state index >= 15 is 0 Å². The lowest BCUT2D eigenvalue weighted by Gasteiger charge is -2.09. The Morgan fingerprint density at radius 1 is 1.67 bits per heavy atom. The molecule has 54 valence electrons. The maximum atomic E-state index is 5.67. The largest absolute Gasteiger partial charge is 0.126 e. The van der Waals surface area contributed by atoms with Crippen LogP contribution in [-0.4, -0.2) is 5.88 Å². The Kier molecular flexibility index (Phi) is 4.88. The van der Waals surface area contributed by atoms with Crippen LogP contribution in [0.2, 0.25) is 0 Å². The first-order valence-electron chi connectivity index (χ1n) is 3.41. The van der Waals surface area contributed by atoms with Gasteiger partial charge in [0.1, 0.15) is 0 Å². The van der Waals surface area contributed by atoms with Gasteiger partial charge in [-0.05, 0) is 19.3 Å². The maximum Gasteiger partial charge on any atom is 0.0254 e. The summed E-state index contributed by atoms with van der Waals surface area (Å²) in [7, 11) is 0. The van der Waals surface area contributed by atoms with Crippen LogP contribution < -0.4 is 0 Å². The lowest BCUT2D eigenvalue weighted by molar-refractivity contribution is 0.564. The molecule has 0 aliphatic rings. The highest BCUT2D eigenvalue weighted by Gasteiger charge is 2.02. The summed E-state index contributed by atoms with van der Waals surface area (Å²) in [5, 5.41) is 0. The Morgan fingerprint density at radius 2 is 2.22 bits per heavy atom. The molecule has 1 atom stereocenters. The average Bonchev–Trinajstić information content (AvgIpc) is 1.82. The first kappa shape index (κ1) is 9.03. The molecule has 0 aromatic heterocycles. The summed E-state index contributed by atoms with van der Waals surface area (Å²) in [6, 6.07) is 0. The van der Waals surface area contributed by atoms with Crippen LogP contribution in [-0.2, 0) is 0 Å². The topological polar surface area (TPSA) is 0 Å². The molecule has 0 radical (unpaired) electrons. The summed E-state index contributed by atoms with van der Waals surface area (Å²) < 4.78 is 0. The Balaban J connectivity index is 3.43. The molecule has 0 fully saturated rings. The third-order valence-corrected chi connectivity index (χ3v) is 1.87. The molecule has 0 saturated heterocycles. The van der Waals surface area contributed by atoms with Gasteiger partial charge in [-0.15, -0.1) is 18.2 Å². The van der Waals surface area contributed by atoms with Crippen molar-refractivity contribution in [2.75, 3.05) is 5.88 Å². The zero-order valence-corrected chi connectivity index (χ0v) is 7.04. The molecule has 9 heavy (non-hydrogen) atoms. The zero-order valence-electron chi connectivity index (χ0n) is 6.28. The van der Waals surface area contributed by atoms with Gasteiger partial charge in [-0.25, -0.2) is 0 Å². The van der Waals surface area contributed by atoms with Gasteiger partial charge < -0.3 is 0 Å². The summed E-state index contributed by atoms with van der Waals surface area (Å²) in [5.41, 5.74) is 1.24. The summed E-state index contributed by atoms with van der Waals surface area (Å²) in [6.45, 7) is 8.05. The minimum atomic E-state index is 0.643. The highest BCUT2D eigenvalue weighted by molar-refractivity contribution is 6.18. The van der Waals surface area contributed by atoms with Crippen LogP contribution in [0.4, 0.5) is 0 Å². The second-order valence-corrected chi connectivity index (χ2v) is 2.90. The normalized spacial score (nSPS) is 13.2. The molecule has 0 amide bonds. The minimum absolute atomic E-state index is 0.643. The van der Waals surface area contributed by atoms with Crippen molar-refractivity contribution in [1.29, 1.82) is 0 Å². The van der Waals surface area contributed by atoms with E-state index in [1.807, 2.05) is 0 Å². The monoisotopic (exact) mass is 146 g/mol. The summed E-state index contributed by atoms with van der Waals surface area (Å²) >= 11 is 5.67. The number of allylic oxidation sites excluding steroid dienone is 1. The van der Waals surface area contributed by atoms with Gasteiger partial charge in [-0.2, -0.15) is 0 Å². The third kappa shape index (κ3) is 4.53. The van der Waals surface area contributed by atoms with E-state index in [0.29, 0.717) is 5.92 Å². The Bertz CT molecular complexity index is 82.6. The van der Waals surface area contributed by atoms with Gasteiger partial charge in [0.2, 0.25) is 0 Å². The van der Waals surface area contributed by atoms with Gasteiger partial charge in [0, 0.05) is 5.88 Å². The van der Waals surface area contributed by atoms with Crippen LogP contribution in [0.1, 0.15) is 26.7 Å². The molecule has 0 rings (SSSR count). The second kappa shape index (κ2) is 4.87. The van der Waals surface area contributed by atoms with Gasteiger partial charge in [0.05, 0.1) is 0 Å². The fourth-order valence-electron chi connectivity index (χ4n) is 0.801. The van der Waals surface area contributed by atoms with Crippen molar-refractivity contribution in [2.45, 2.75) is 26.7 Å². The number of hydrogen-bond acceptors (Lipinski definition) is 0. The number of rotatable bonds is 4. The predicted octanol–water partition coefficient (Wildman–Crippen LogP) is 3.22. The molecule has 0 aliphatic carbocycles. The van der Waals surface area contributed by atoms with Gasteiger partial charge in [-0.1, -0.05) is 18.9 Å². The average molecular weight is 147 g/mol. The highest BCUT2D eigenvalue weighted by atomic mass is 35.5. The molecule has 0 bridgehead atoms. The number of halogens is 1. The molecule has 0 nitrogen and oxygen atoms in total. The van der Waals surface area contributed by atoms with Crippen LogP contribution in [0.25, 0.3) is 0 Å². The van der Waals surface area contributed by atoms with E-state index in [-0.39, 0.29) is 0 Å². The Labute approximate surface area is 62.9 Å². The van der Waals surface area contributed by atoms with Crippen molar-refractivity contribution in [1.82, 2.24) is 0 Å². The Morgan fingerprint density at radius 3 is 2.33 bits per heavy atom. The fourth-order valence-corrected chi connectivity index (χ4v) is 1.13. The molecule has 0 spiro atoms. The van der Waals surface area contributed by atoms with Crippen molar-refractivity contribution < 1.29 is 0 Å². The fraction of sp³-hybridized carbons (Fsp3) is 0.750. The van der Waals surface area contributed by atoms with Crippen LogP contribution in [0.3, 0.4) is 0 Å². The van der Waals surface area contributed by atoms with Crippen molar-refractivity contribution >= 4 is 11.6 Å². The molecule has 0 aliphatic heterocycles. The summed E-state index contributed by atoms with van der Waals surface area (Å²) in [5.74, 6) is 1.41. The smallest absolute Gasteiger partial charge is 0.0254 e. The molecule has 1 heteroatoms. The highest BCUT2D eigenvalue weighted by Crippen LogP contribution is 2.14. The quantitative estimate of drug-likeness (QED) is 0.422. The van der Waals surface area contributed by atoms with Crippen molar-refractivity contribution in [3.8, 4) is 0 Å². The van der Waals surface area contributed by atoms with E-state index in [0.717, 1.165) is 18.7 Å². The molecule has 0 heterocycles. The zero-order chi connectivity index (χ0) is 7.28. The van der Waals surface area contributed by atoms with E-state index < -0.39 is 0 Å². The van der Waals surface area contributed by atoms with E-state index in [1.165, 1.54) is 5.57 Å². The molecule has 1 unspecified atom stereocenters. The van der Waals surface area contributed by atoms with E-state index in [2.05, 4.69) is 20.4 Å². The first-order chi connectivity index (χ1) is 4.20. The molecule has 0 N–H and O–H groups in total. The summed E-state index contributed by atoms with van der Waals surface area (Å²) in [4.78, 5) is 0. The van der Waals surface area contributed by atoms with E-state index in [9.17, 15) is 0 Å². The van der Waals surface area contributed by atoms with E-state index in [1.54, 1.807) is 0 Å². The summed E-state index contributed by atoms with van der Waals surface area (Å²) in [6.07, 6.45) is 2.25. The number of alkyl halides is 1. The third-order valence-electron chi connectivity index (χ3n) is 1.43. The van der Waals surface area contributed by atoms with Crippen molar-refractivity contribution in [3.63, 3.8) is 0 Å². The van der Waals surface area contributed by atoms with Crippen LogP contribution in [0.5, 0.6) is 0 Å². The molecule has 0 aromatic rings. The molecule has 0 saturated carbocycles. The number of hydrogen-bond donors (Lipinski definition) is 0. The van der Waals surface area contributed by atoms with Crippen LogP contribution in [0.15, 0.2) is 12.2 Å². The maximum absolute atomic E-state index is 5.67. The van der Waals surface area contributed by atoms with Gasteiger partial charge in [-0.3, -0.25) is 0 Å². The van der Waals surface area contributed by atoms with E-state index in [4.69, 9.17) is 11.6 Å². The van der Waals surface area contributed by atoms with Crippen molar-refractivity contribution in [2.24, 2.45) is 5.92 Å². The van der Waals surface area contributed by atoms with Crippen LogP contribution in [0, 0.1) is 5.92 Å². The Hall–Kier alpha value is 0.0300. The van der Waals surface area contributed by atoms with Gasteiger partial charge in [0.15, 0.2) is 0 Å². The van der Waals surface area contributed by atoms with Gasteiger partial charge in [0.25, 0.3) is 0 Å². The van der Waals surface area contributed by atoms with Crippen LogP contribution >= 0.6 is 11.6 Å². The SMILES string of the molecule is C=C(C)CC(CC)CCl. The molecule has 0 aromatic carbocycles. The standard InChI is InChI=1S/C8H15Cl/c1-4-8(6-9)5-7(2)3/h8H,2,4-6H2,1,3H3. The second-order valence-electron chi connectivity index (χ2n) is 2.59. The lowest BCUT2D eigenvalue weighted by Crippen LogP contribution is -1.99. The minimum Gasteiger partial charge on any atom is -0.126 e. The molecular weight excluding hydrogens is 132 g/mol. The van der Waals surface area contributed by atoms with Crippen molar-refractivity contribution in [3.05, 3.63) is 12.2 Å². The first-order valence-corrected chi connectivity index (χ1v) is 3.94. The lowest BCUT2D eigenvalue weighted by atomic mass is 10.0.